The molecule has 0 aromatic heterocycles. The van der Waals surface area contributed by atoms with E-state index in [-0.39, 0.29) is 26.1 Å². The fourth-order valence-corrected chi connectivity index (χ4v) is 2.91. The van der Waals surface area contributed by atoms with Crippen LogP contribution in [0.3, 0.4) is 0 Å². The van der Waals surface area contributed by atoms with Crippen molar-refractivity contribution in [2.45, 2.75) is 42.9 Å². The van der Waals surface area contributed by atoms with Crippen LogP contribution in [0.4, 0.5) is 0 Å². The minimum Gasteiger partial charge on any atom is -0.396 e. The molecule has 5 atom stereocenters. The Hall–Kier alpha value is -1.30. The Balaban J connectivity index is 2.41. The summed E-state index contributed by atoms with van der Waals surface area (Å²) in [7, 11) is 0. The predicted molar refractivity (Wildman–Crippen MR) is 73.4 cm³/mol. The molecule has 3 rings (SSSR count). The summed E-state index contributed by atoms with van der Waals surface area (Å²) in [5.74, 6) is -2.86. The molecule has 0 saturated carbocycles. The zero-order valence-corrected chi connectivity index (χ0v) is 12.7. The van der Waals surface area contributed by atoms with Gasteiger partial charge in [-0.3, -0.25) is 9.59 Å². The summed E-state index contributed by atoms with van der Waals surface area (Å²) in [6.07, 6.45) is -1.80. The van der Waals surface area contributed by atoms with Crippen LogP contribution in [0.2, 0.25) is 0 Å². The molecule has 2 bridgehead atoms. The Bertz CT molecular complexity index is 498. The van der Waals surface area contributed by atoms with E-state index in [2.05, 4.69) is 10.6 Å². The smallest absolute Gasteiger partial charge is 0.278 e. The van der Waals surface area contributed by atoms with E-state index in [1.807, 2.05) is 0 Å². The molecule has 23 heavy (non-hydrogen) atoms. The molecule has 0 spiro atoms. The number of amides is 2. The molecule has 0 unspecified atom stereocenters. The molecule has 10 nitrogen and oxygen atoms in total. The lowest BCUT2D eigenvalue weighted by atomic mass is 9.81. The van der Waals surface area contributed by atoms with Crippen LogP contribution in [-0.4, -0.2) is 80.3 Å². The topological polar surface area (TPSA) is 169 Å². The first-order valence-electron chi connectivity index (χ1n) is 7.27. The molecule has 3 aliphatic heterocycles. The van der Waals surface area contributed by atoms with Crippen molar-refractivity contribution < 1.29 is 39.9 Å². The van der Waals surface area contributed by atoms with Crippen LogP contribution in [0.15, 0.2) is 0 Å². The number of hydrogen-bond acceptors (Lipinski definition) is 8. The molecule has 3 fully saturated rings. The van der Waals surface area contributed by atoms with Crippen molar-refractivity contribution in [3.05, 3.63) is 0 Å². The fourth-order valence-electron chi connectivity index (χ4n) is 2.91. The van der Waals surface area contributed by atoms with Crippen LogP contribution in [-0.2, 0) is 14.3 Å². The molecule has 3 aliphatic rings. The normalized spacial score (nSPS) is 38.1. The highest BCUT2D eigenvalue weighted by Gasteiger charge is 2.64. The number of aliphatic hydroxyl groups is 5. The first kappa shape index (κ1) is 18.0. The van der Waals surface area contributed by atoms with Crippen LogP contribution in [0.1, 0.15) is 19.8 Å². The summed E-state index contributed by atoms with van der Waals surface area (Å²) in [4.78, 5) is 24.7. The second kappa shape index (κ2) is 5.96. The molecule has 0 aliphatic carbocycles. The monoisotopic (exact) mass is 334 g/mol. The Morgan fingerprint density at radius 3 is 2.57 bits per heavy atom. The predicted octanol–water partition coefficient (Wildman–Crippen LogP) is -3.86. The molecule has 7 N–H and O–H groups in total. The van der Waals surface area contributed by atoms with Crippen LogP contribution in [0.5, 0.6) is 0 Å². The summed E-state index contributed by atoms with van der Waals surface area (Å²) < 4.78 is 5.35. The van der Waals surface area contributed by atoms with Gasteiger partial charge in [-0.15, -0.1) is 0 Å². The minimum atomic E-state index is -2.33. The third-order valence-electron chi connectivity index (χ3n) is 4.45. The van der Waals surface area contributed by atoms with Crippen molar-refractivity contribution in [2.24, 2.45) is 5.92 Å². The van der Waals surface area contributed by atoms with Gasteiger partial charge in [-0.2, -0.15) is 0 Å². The van der Waals surface area contributed by atoms with Crippen molar-refractivity contribution in [1.82, 2.24) is 10.6 Å². The van der Waals surface area contributed by atoms with E-state index in [4.69, 9.17) is 9.84 Å². The first-order chi connectivity index (χ1) is 10.6. The van der Waals surface area contributed by atoms with Gasteiger partial charge in [0.25, 0.3) is 17.5 Å². The molecule has 3 heterocycles. The average Bonchev–Trinajstić information content (AvgIpc) is 2.49. The van der Waals surface area contributed by atoms with Gasteiger partial charge >= 0.3 is 0 Å². The molecule has 10 heteroatoms. The van der Waals surface area contributed by atoms with E-state index in [1.54, 1.807) is 0 Å². The van der Waals surface area contributed by atoms with Crippen molar-refractivity contribution in [3.8, 4) is 0 Å². The van der Waals surface area contributed by atoms with E-state index >= 15 is 0 Å². The zero-order chi connectivity index (χ0) is 17.5. The SMILES string of the molecule is C[C@](O)(CO)[C@H](O)[C@@]12NC(=O)[C@@](O)(NC1=O)[C@H](CCO)CCO2. The van der Waals surface area contributed by atoms with Crippen LogP contribution in [0.25, 0.3) is 0 Å². The van der Waals surface area contributed by atoms with Crippen LogP contribution in [0, 0.1) is 5.92 Å². The number of piperazine rings is 1. The molecule has 2 amide bonds. The summed E-state index contributed by atoms with van der Waals surface area (Å²) in [6.45, 7) is -0.245. The number of hydrogen-bond donors (Lipinski definition) is 7. The maximum Gasteiger partial charge on any atom is 0.278 e. The summed E-state index contributed by atoms with van der Waals surface area (Å²) >= 11 is 0. The lowest BCUT2D eigenvalue weighted by molar-refractivity contribution is -0.241. The van der Waals surface area contributed by atoms with E-state index in [1.165, 1.54) is 0 Å². The Morgan fingerprint density at radius 2 is 2.00 bits per heavy atom. The molecule has 132 valence electrons. The summed E-state index contributed by atoms with van der Waals surface area (Å²) in [5.41, 5.74) is -6.72. The maximum absolute atomic E-state index is 12.4. The Labute approximate surface area is 132 Å². The van der Waals surface area contributed by atoms with E-state index < -0.39 is 47.5 Å². The summed E-state index contributed by atoms with van der Waals surface area (Å²) in [5, 5.41) is 53.3. The number of carbonyl (C=O) groups is 2. The third kappa shape index (κ3) is 2.71. The largest absolute Gasteiger partial charge is 0.396 e. The van der Waals surface area contributed by atoms with Crippen molar-refractivity contribution in [2.75, 3.05) is 19.8 Å². The average molecular weight is 334 g/mol. The standard InChI is InChI=1S/C13H22N2O8/c1-11(21,6-17)8(18)13-10(20)14-12(22,9(19)15-13)7(2-4-16)3-5-23-13/h7-8,16-18,21-22H,2-6H2,1H3,(H,14,20)(H,15,19)/t7-,8+,11+,12-,13+/m1/s1. The van der Waals surface area contributed by atoms with E-state index in [9.17, 15) is 30.0 Å². The molecule has 0 radical (unpaired) electrons. The van der Waals surface area contributed by atoms with Gasteiger partial charge in [0.1, 0.15) is 11.7 Å². The van der Waals surface area contributed by atoms with Crippen LogP contribution >= 0.6 is 0 Å². The van der Waals surface area contributed by atoms with Gasteiger partial charge < -0.3 is 40.9 Å². The molecule has 3 saturated heterocycles. The van der Waals surface area contributed by atoms with Gasteiger partial charge in [0, 0.05) is 12.5 Å². The highest BCUT2D eigenvalue weighted by Crippen LogP contribution is 2.34. The van der Waals surface area contributed by atoms with Crippen molar-refractivity contribution >= 4 is 11.8 Å². The highest BCUT2D eigenvalue weighted by molar-refractivity contribution is 6.01. The fraction of sp³-hybridized carbons (Fsp3) is 0.846. The third-order valence-corrected chi connectivity index (χ3v) is 4.45. The quantitative estimate of drug-likeness (QED) is 0.268. The number of fused-ring (bicyclic) bond motifs is 5. The van der Waals surface area contributed by atoms with E-state index in [0.29, 0.717) is 0 Å². The first-order valence-corrected chi connectivity index (χ1v) is 7.27. The van der Waals surface area contributed by atoms with Gasteiger partial charge in [0.2, 0.25) is 5.72 Å². The van der Waals surface area contributed by atoms with Crippen molar-refractivity contribution in [1.29, 1.82) is 0 Å². The number of carbonyl (C=O) groups excluding carboxylic acids is 2. The number of ether oxygens (including phenoxy) is 1. The second-order valence-corrected chi connectivity index (χ2v) is 6.17. The minimum absolute atomic E-state index is 0.0530. The molecule has 0 aromatic rings. The van der Waals surface area contributed by atoms with Crippen LogP contribution < -0.4 is 10.6 Å². The lowest BCUT2D eigenvalue weighted by Gasteiger charge is -2.51. The number of rotatable bonds is 5. The van der Waals surface area contributed by atoms with Gasteiger partial charge in [-0.1, -0.05) is 0 Å². The zero-order valence-electron chi connectivity index (χ0n) is 12.7. The molecular weight excluding hydrogens is 312 g/mol. The molecule has 0 aromatic carbocycles. The second-order valence-electron chi connectivity index (χ2n) is 6.17. The highest BCUT2D eigenvalue weighted by atomic mass is 16.5. The van der Waals surface area contributed by atoms with E-state index in [0.717, 1.165) is 6.92 Å². The Morgan fingerprint density at radius 1 is 1.35 bits per heavy atom. The maximum atomic E-state index is 12.4. The summed E-state index contributed by atoms with van der Waals surface area (Å²) in [6, 6.07) is 0. The van der Waals surface area contributed by atoms with Gasteiger partial charge in [0.15, 0.2) is 0 Å². The van der Waals surface area contributed by atoms with Crippen molar-refractivity contribution in [3.63, 3.8) is 0 Å². The Kier molecular flexibility index (Phi) is 4.68. The lowest BCUT2D eigenvalue weighted by Crippen LogP contribution is -2.83. The number of aliphatic hydroxyl groups excluding tert-OH is 3. The van der Waals surface area contributed by atoms with Gasteiger partial charge in [-0.05, 0) is 19.8 Å². The van der Waals surface area contributed by atoms with Gasteiger partial charge in [-0.25, -0.2) is 0 Å². The molecular formula is C13H22N2O8. The van der Waals surface area contributed by atoms with Gasteiger partial charge in [0.05, 0.1) is 13.2 Å². The number of nitrogens with one attached hydrogen (secondary N) is 2.